The number of fused-ring (bicyclic) bond motifs is 2. The molecule has 1 aromatic carbocycles. The molecular weight excluding hydrogens is 332 g/mol. The summed E-state index contributed by atoms with van der Waals surface area (Å²) in [5.41, 5.74) is 7.06. The number of nitrogens with two attached hydrogens (primary N) is 1. The van der Waals surface area contributed by atoms with Gasteiger partial charge in [0.1, 0.15) is 6.61 Å². The number of nitrogens with one attached hydrogen (secondary N) is 1. The molecule has 1 amide bonds. The minimum atomic E-state index is 0.0464. The Balaban J connectivity index is 1.64. The van der Waals surface area contributed by atoms with E-state index in [0.29, 0.717) is 36.5 Å². The molecule has 0 radical (unpaired) electrons. The SMILES string of the molecule is COCCOc1cc(NC(=O)C2CC3CCCC(C2)C3N)ccc1OC. The second kappa shape index (κ2) is 8.73. The minimum absolute atomic E-state index is 0.0464. The average molecular weight is 362 g/mol. The van der Waals surface area contributed by atoms with Crippen LogP contribution in [0.2, 0.25) is 0 Å². The van der Waals surface area contributed by atoms with E-state index in [4.69, 9.17) is 19.9 Å². The van der Waals surface area contributed by atoms with Crippen LogP contribution in [0.5, 0.6) is 11.5 Å². The van der Waals surface area contributed by atoms with Gasteiger partial charge in [-0.15, -0.1) is 0 Å². The lowest BCUT2D eigenvalue weighted by Crippen LogP contribution is -2.48. The fourth-order valence-electron chi connectivity index (χ4n) is 4.35. The molecule has 0 heterocycles. The zero-order valence-electron chi connectivity index (χ0n) is 15.7. The van der Waals surface area contributed by atoms with Crippen LogP contribution in [-0.4, -0.2) is 39.4 Å². The molecule has 2 saturated carbocycles. The van der Waals surface area contributed by atoms with Crippen LogP contribution >= 0.6 is 0 Å². The molecule has 0 aromatic heterocycles. The minimum Gasteiger partial charge on any atom is -0.493 e. The lowest BCUT2D eigenvalue weighted by molar-refractivity contribution is -0.122. The predicted octanol–water partition coefficient (Wildman–Crippen LogP) is 2.81. The lowest BCUT2D eigenvalue weighted by atomic mass is 9.65. The van der Waals surface area contributed by atoms with E-state index in [1.54, 1.807) is 14.2 Å². The van der Waals surface area contributed by atoms with Gasteiger partial charge in [0, 0.05) is 30.8 Å². The Morgan fingerprint density at radius 1 is 1.15 bits per heavy atom. The maximum absolute atomic E-state index is 12.8. The molecule has 0 aliphatic heterocycles. The second-order valence-corrected chi connectivity index (χ2v) is 7.39. The Bertz CT molecular complexity index is 608. The molecule has 2 atom stereocenters. The molecule has 2 aliphatic carbocycles. The third kappa shape index (κ3) is 4.30. The maximum atomic E-state index is 12.8. The Hall–Kier alpha value is -1.79. The number of hydrogen-bond donors (Lipinski definition) is 2. The fraction of sp³-hybridized carbons (Fsp3) is 0.650. The first-order chi connectivity index (χ1) is 12.6. The van der Waals surface area contributed by atoms with E-state index in [-0.39, 0.29) is 17.9 Å². The van der Waals surface area contributed by atoms with Crippen molar-refractivity contribution in [2.45, 2.75) is 38.1 Å². The molecule has 1 aromatic rings. The van der Waals surface area contributed by atoms with Gasteiger partial charge < -0.3 is 25.3 Å². The molecule has 6 heteroatoms. The summed E-state index contributed by atoms with van der Waals surface area (Å²) in [6, 6.07) is 5.73. The normalized spacial score (nSPS) is 27.7. The summed E-state index contributed by atoms with van der Waals surface area (Å²) >= 11 is 0. The van der Waals surface area contributed by atoms with Crippen LogP contribution in [0.3, 0.4) is 0 Å². The maximum Gasteiger partial charge on any atom is 0.227 e. The quantitative estimate of drug-likeness (QED) is 0.729. The number of rotatable bonds is 7. The fourth-order valence-corrected chi connectivity index (χ4v) is 4.35. The first-order valence-electron chi connectivity index (χ1n) is 9.48. The number of hydrogen-bond acceptors (Lipinski definition) is 5. The van der Waals surface area contributed by atoms with Gasteiger partial charge in [0.25, 0.3) is 0 Å². The van der Waals surface area contributed by atoms with Gasteiger partial charge in [-0.3, -0.25) is 4.79 Å². The monoisotopic (exact) mass is 362 g/mol. The molecule has 26 heavy (non-hydrogen) atoms. The second-order valence-electron chi connectivity index (χ2n) is 7.39. The standard InChI is InChI=1S/C20H30N2O4/c1-24-8-9-26-18-12-16(6-7-17(18)25-2)22-20(23)15-10-13-4-3-5-14(11-15)19(13)21/h6-7,12-15,19H,3-5,8-11,21H2,1-2H3,(H,22,23). The van der Waals surface area contributed by atoms with Gasteiger partial charge in [-0.05, 0) is 49.7 Å². The summed E-state index contributed by atoms with van der Waals surface area (Å²) < 4.78 is 16.0. The topological polar surface area (TPSA) is 82.8 Å². The van der Waals surface area contributed by atoms with E-state index in [0.717, 1.165) is 31.4 Å². The highest BCUT2D eigenvalue weighted by Gasteiger charge is 2.40. The number of amides is 1. The summed E-state index contributed by atoms with van der Waals surface area (Å²) in [5.74, 6) is 2.35. The van der Waals surface area contributed by atoms with E-state index < -0.39 is 0 Å². The van der Waals surface area contributed by atoms with Gasteiger partial charge in [0.15, 0.2) is 11.5 Å². The number of carbonyl (C=O) groups is 1. The van der Waals surface area contributed by atoms with Crippen LogP contribution in [-0.2, 0) is 9.53 Å². The first kappa shape index (κ1) is 19.0. The van der Waals surface area contributed by atoms with E-state index in [1.165, 1.54) is 6.42 Å². The smallest absolute Gasteiger partial charge is 0.227 e. The molecule has 2 unspecified atom stereocenters. The van der Waals surface area contributed by atoms with E-state index >= 15 is 0 Å². The highest BCUT2D eigenvalue weighted by molar-refractivity contribution is 5.93. The van der Waals surface area contributed by atoms with Gasteiger partial charge in [-0.1, -0.05) is 6.42 Å². The van der Waals surface area contributed by atoms with Crippen LogP contribution in [0.15, 0.2) is 18.2 Å². The van der Waals surface area contributed by atoms with Crippen molar-refractivity contribution in [2.24, 2.45) is 23.5 Å². The molecule has 2 fully saturated rings. The van der Waals surface area contributed by atoms with Gasteiger partial charge in [0.2, 0.25) is 5.91 Å². The van der Waals surface area contributed by atoms with Crippen molar-refractivity contribution in [3.8, 4) is 11.5 Å². The Kier molecular flexibility index (Phi) is 6.38. The van der Waals surface area contributed by atoms with Crippen molar-refractivity contribution < 1.29 is 19.0 Å². The number of benzene rings is 1. The number of anilines is 1. The average Bonchev–Trinajstić information content (AvgIpc) is 2.62. The van der Waals surface area contributed by atoms with Crippen molar-refractivity contribution in [3.63, 3.8) is 0 Å². The van der Waals surface area contributed by atoms with E-state index in [9.17, 15) is 4.79 Å². The Labute approximate surface area is 155 Å². The largest absolute Gasteiger partial charge is 0.493 e. The molecule has 3 N–H and O–H groups in total. The summed E-state index contributed by atoms with van der Waals surface area (Å²) in [6.45, 7) is 0.916. The Morgan fingerprint density at radius 3 is 2.54 bits per heavy atom. The molecule has 6 nitrogen and oxygen atoms in total. The molecule has 144 valence electrons. The molecule has 0 saturated heterocycles. The number of methoxy groups -OCH3 is 2. The van der Waals surface area contributed by atoms with Gasteiger partial charge in [-0.2, -0.15) is 0 Å². The Morgan fingerprint density at radius 2 is 1.88 bits per heavy atom. The lowest BCUT2D eigenvalue weighted by Gasteiger charge is -2.43. The molecule has 2 aliphatic rings. The highest BCUT2D eigenvalue weighted by Crippen LogP contribution is 2.42. The highest BCUT2D eigenvalue weighted by atomic mass is 16.5. The predicted molar refractivity (Wildman–Crippen MR) is 101 cm³/mol. The van der Waals surface area contributed by atoms with Crippen LogP contribution in [0, 0.1) is 17.8 Å². The summed E-state index contributed by atoms with van der Waals surface area (Å²) in [7, 11) is 3.23. The zero-order valence-corrected chi connectivity index (χ0v) is 15.7. The first-order valence-corrected chi connectivity index (χ1v) is 9.48. The van der Waals surface area contributed by atoms with Crippen LogP contribution in [0.1, 0.15) is 32.1 Å². The summed E-state index contributed by atoms with van der Waals surface area (Å²) in [6.07, 6.45) is 5.36. The van der Waals surface area contributed by atoms with Crippen LogP contribution in [0.4, 0.5) is 5.69 Å². The van der Waals surface area contributed by atoms with Crippen molar-refractivity contribution in [2.75, 3.05) is 32.8 Å². The van der Waals surface area contributed by atoms with Gasteiger partial charge in [-0.25, -0.2) is 0 Å². The third-order valence-electron chi connectivity index (χ3n) is 5.76. The van der Waals surface area contributed by atoms with Crippen molar-refractivity contribution in [1.82, 2.24) is 0 Å². The molecule has 3 rings (SSSR count). The van der Waals surface area contributed by atoms with Crippen molar-refractivity contribution in [1.29, 1.82) is 0 Å². The summed E-state index contributed by atoms with van der Waals surface area (Å²) in [4.78, 5) is 12.8. The molecular formula is C20H30N2O4. The zero-order chi connectivity index (χ0) is 18.5. The van der Waals surface area contributed by atoms with Gasteiger partial charge >= 0.3 is 0 Å². The van der Waals surface area contributed by atoms with E-state index in [1.807, 2.05) is 18.2 Å². The summed E-state index contributed by atoms with van der Waals surface area (Å²) in [5, 5.41) is 3.05. The van der Waals surface area contributed by atoms with Gasteiger partial charge in [0.05, 0.1) is 13.7 Å². The third-order valence-corrected chi connectivity index (χ3v) is 5.76. The molecule has 0 spiro atoms. The van der Waals surface area contributed by atoms with Crippen molar-refractivity contribution in [3.05, 3.63) is 18.2 Å². The number of carbonyl (C=O) groups excluding carboxylic acids is 1. The van der Waals surface area contributed by atoms with E-state index in [2.05, 4.69) is 5.32 Å². The molecule has 2 bridgehead atoms. The van der Waals surface area contributed by atoms with Crippen LogP contribution in [0.25, 0.3) is 0 Å². The van der Waals surface area contributed by atoms with Crippen LogP contribution < -0.4 is 20.5 Å². The van der Waals surface area contributed by atoms with Crippen molar-refractivity contribution >= 4 is 11.6 Å². The number of ether oxygens (including phenoxy) is 3.